The van der Waals surface area contributed by atoms with Crippen molar-refractivity contribution in [1.82, 2.24) is 0 Å². The first-order valence-corrected chi connectivity index (χ1v) is 20.4. The SMILES string of the molecule is NC(=NCc1ccccc1)c1ccc(-c2ccccc2)c2sc3c(-c4ccccc4)cc(-c4ccccc4)cc3c12.NCc1ccc2c(c1)sc1ccccc12. The summed E-state index contributed by atoms with van der Waals surface area (Å²) >= 11 is 3.68. The van der Waals surface area contributed by atoms with Crippen molar-refractivity contribution in [2.75, 3.05) is 0 Å². The lowest BCUT2D eigenvalue weighted by Crippen LogP contribution is -2.14. The molecule has 0 amide bonds. The van der Waals surface area contributed by atoms with Crippen molar-refractivity contribution < 1.29 is 0 Å². The summed E-state index contributed by atoms with van der Waals surface area (Å²) in [5.74, 6) is 0.560. The Morgan fingerprint density at radius 2 is 1.05 bits per heavy atom. The zero-order chi connectivity index (χ0) is 37.8. The third kappa shape index (κ3) is 7.00. The van der Waals surface area contributed by atoms with Crippen molar-refractivity contribution in [2.24, 2.45) is 16.5 Å². The lowest BCUT2D eigenvalue weighted by atomic mass is 9.93. The van der Waals surface area contributed by atoms with Gasteiger partial charge in [0.1, 0.15) is 5.84 Å². The molecule has 0 bridgehead atoms. The lowest BCUT2D eigenvalue weighted by molar-refractivity contribution is 1.06. The van der Waals surface area contributed by atoms with Crippen molar-refractivity contribution in [3.8, 4) is 33.4 Å². The maximum atomic E-state index is 6.80. The van der Waals surface area contributed by atoms with Gasteiger partial charge in [-0.1, -0.05) is 158 Å². The molecule has 0 saturated carbocycles. The second-order valence-corrected chi connectivity index (χ2v) is 15.9. The molecule has 56 heavy (non-hydrogen) atoms. The second kappa shape index (κ2) is 15.8. The zero-order valence-corrected chi connectivity index (χ0v) is 32.4. The van der Waals surface area contributed by atoms with Crippen LogP contribution in [0.3, 0.4) is 0 Å². The van der Waals surface area contributed by atoms with Crippen LogP contribution in [0, 0.1) is 0 Å². The zero-order valence-electron chi connectivity index (χ0n) is 30.7. The monoisotopic (exact) mass is 757 g/mol. The molecule has 0 aliphatic rings. The Labute approximate surface area is 334 Å². The summed E-state index contributed by atoms with van der Waals surface area (Å²) in [4.78, 5) is 4.86. The molecule has 5 heteroatoms. The minimum Gasteiger partial charge on any atom is -0.383 e. The third-order valence-electron chi connectivity index (χ3n) is 10.2. The minimum atomic E-state index is 0.543. The molecule has 2 heterocycles. The number of nitrogens with zero attached hydrogens (tertiary/aromatic N) is 1. The largest absolute Gasteiger partial charge is 0.383 e. The van der Waals surface area contributed by atoms with Crippen LogP contribution in [0.5, 0.6) is 0 Å². The molecule has 0 unspecified atom stereocenters. The Morgan fingerprint density at radius 1 is 0.446 bits per heavy atom. The van der Waals surface area contributed by atoms with Gasteiger partial charge in [0, 0.05) is 58.0 Å². The Bertz CT molecular complexity index is 2970. The van der Waals surface area contributed by atoms with E-state index in [0.717, 1.165) is 16.5 Å². The van der Waals surface area contributed by atoms with Crippen LogP contribution in [-0.2, 0) is 13.1 Å². The number of rotatable bonds is 7. The van der Waals surface area contributed by atoms with Crippen LogP contribution in [0.4, 0.5) is 0 Å². The van der Waals surface area contributed by atoms with E-state index in [1.54, 1.807) is 0 Å². The molecule has 0 radical (unpaired) electrons. The fraction of sp³-hybridized carbons (Fsp3) is 0.0392. The fourth-order valence-corrected chi connectivity index (χ4v) is 9.96. The van der Waals surface area contributed by atoms with E-state index >= 15 is 0 Å². The number of amidine groups is 1. The molecule has 10 rings (SSSR count). The van der Waals surface area contributed by atoms with Crippen LogP contribution in [0.15, 0.2) is 193 Å². The van der Waals surface area contributed by atoms with Crippen LogP contribution < -0.4 is 11.5 Å². The predicted molar refractivity (Wildman–Crippen MR) is 244 cm³/mol. The molecule has 10 aromatic rings. The van der Waals surface area contributed by atoms with E-state index < -0.39 is 0 Å². The smallest absolute Gasteiger partial charge is 0.126 e. The Balaban J connectivity index is 0.000000227. The number of hydrogen-bond acceptors (Lipinski definition) is 4. The molecule has 2 aromatic heterocycles. The Morgan fingerprint density at radius 3 is 1.75 bits per heavy atom. The van der Waals surface area contributed by atoms with Gasteiger partial charge in [0.05, 0.1) is 6.54 Å². The summed E-state index contributed by atoms with van der Waals surface area (Å²) < 4.78 is 5.16. The van der Waals surface area contributed by atoms with E-state index in [2.05, 4.69) is 170 Å². The van der Waals surface area contributed by atoms with Gasteiger partial charge >= 0.3 is 0 Å². The van der Waals surface area contributed by atoms with Crippen LogP contribution in [0.25, 0.3) is 73.7 Å². The van der Waals surface area contributed by atoms with E-state index in [1.165, 1.54) is 73.9 Å². The average Bonchev–Trinajstić information content (AvgIpc) is 3.85. The number of fused-ring (bicyclic) bond motifs is 6. The predicted octanol–water partition coefficient (Wildman–Crippen LogP) is 13.5. The van der Waals surface area contributed by atoms with Gasteiger partial charge in [-0.15, -0.1) is 22.7 Å². The topological polar surface area (TPSA) is 64.4 Å². The first-order valence-electron chi connectivity index (χ1n) is 18.8. The average molecular weight is 758 g/mol. The second-order valence-electron chi connectivity index (χ2n) is 13.8. The summed E-state index contributed by atoms with van der Waals surface area (Å²) in [5.41, 5.74) is 23.0. The highest BCUT2D eigenvalue weighted by atomic mass is 32.1. The highest BCUT2D eigenvalue weighted by Crippen LogP contribution is 2.47. The maximum Gasteiger partial charge on any atom is 0.126 e. The van der Waals surface area contributed by atoms with E-state index in [-0.39, 0.29) is 0 Å². The molecule has 0 atom stereocenters. The number of hydrogen-bond donors (Lipinski definition) is 2. The van der Waals surface area contributed by atoms with Gasteiger partial charge in [0.25, 0.3) is 0 Å². The fourth-order valence-electron chi connectivity index (χ4n) is 7.41. The van der Waals surface area contributed by atoms with Crippen LogP contribution in [0.2, 0.25) is 0 Å². The van der Waals surface area contributed by atoms with Gasteiger partial charge in [-0.05, 0) is 69.3 Å². The summed E-state index contributed by atoms with van der Waals surface area (Å²) in [6.07, 6.45) is 0. The molecule has 0 aliphatic heterocycles. The van der Waals surface area contributed by atoms with Crippen LogP contribution >= 0.6 is 22.7 Å². The quantitative estimate of drug-likeness (QED) is 0.126. The number of thiophene rings is 2. The van der Waals surface area contributed by atoms with Crippen LogP contribution in [0.1, 0.15) is 16.7 Å². The summed E-state index contributed by atoms with van der Waals surface area (Å²) in [6.45, 7) is 1.16. The summed E-state index contributed by atoms with van der Waals surface area (Å²) in [7, 11) is 0. The van der Waals surface area contributed by atoms with E-state index in [9.17, 15) is 0 Å². The first-order chi connectivity index (χ1) is 27.6. The van der Waals surface area contributed by atoms with Gasteiger partial charge in [0.15, 0.2) is 0 Å². The van der Waals surface area contributed by atoms with Gasteiger partial charge < -0.3 is 11.5 Å². The lowest BCUT2D eigenvalue weighted by Gasteiger charge is -2.11. The van der Waals surface area contributed by atoms with E-state index in [0.29, 0.717) is 18.9 Å². The molecule has 0 saturated heterocycles. The van der Waals surface area contributed by atoms with Crippen LogP contribution in [-0.4, -0.2) is 5.84 Å². The standard InChI is InChI=1S/C38H28N2S.C13H11NS/c39-38(40-25-26-13-5-1-6-14-26)32-22-21-31(28-17-9-3-10-18-28)37-35(32)34-24-30(27-15-7-2-8-16-27)23-33(36(34)41-37)29-19-11-4-12-20-29;14-8-9-5-6-11-10-3-1-2-4-12(10)15-13(11)7-9/h1-24H,25H2,(H2,39,40);1-7H,8,14H2. The van der Waals surface area contributed by atoms with E-state index in [4.69, 9.17) is 16.5 Å². The minimum absolute atomic E-state index is 0.543. The molecule has 0 fully saturated rings. The highest BCUT2D eigenvalue weighted by molar-refractivity contribution is 7.27. The van der Waals surface area contributed by atoms with E-state index in [1.807, 2.05) is 40.9 Å². The third-order valence-corrected chi connectivity index (χ3v) is 12.6. The van der Waals surface area contributed by atoms with Crippen molar-refractivity contribution in [3.63, 3.8) is 0 Å². The highest BCUT2D eigenvalue weighted by Gasteiger charge is 2.20. The molecule has 3 nitrogen and oxygen atoms in total. The van der Waals surface area contributed by atoms with Gasteiger partial charge in [-0.25, -0.2) is 0 Å². The molecular formula is C51H39N3S2. The Hall–Kier alpha value is -6.37. The molecule has 4 N–H and O–H groups in total. The number of benzene rings is 8. The maximum absolute atomic E-state index is 6.80. The van der Waals surface area contributed by atoms with Crippen molar-refractivity contribution in [2.45, 2.75) is 13.1 Å². The van der Waals surface area contributed by atoms with Gasteiger partial charge in [-0.3, -0.25) is 4.99 Å². The van der Waals surface area contributed by atoms with Crippen molar-refractivity contribution >= 4 is 68.9 Å². The van der Waals surface area contributed by atoms with Crippen molar-refractivity contribution in [3.05, 3.63) is 205 Å². The van der Waals surface area contributed by atoms with Crippen molar-refractivity contribution in [1.29, 1.82) is 0 Å². The Kier molecular flexibility index (Phi) is 9.95. The molecule has 270 valence electrons. The number of aliphatic imine (C=N–C) groups is 1. The normalized spacial score (nSPS) is 11.6. The summed E-state index contributed by atoms with van der Waals surface area (Å²) in [6, 6.07) is 66.2. The number of nitrogens with two attached hydrogens (primary N) is 2. The summed E-state index contributed by atoms with van der Waals surface area (Å²) in [5, 5.41) is 5.06. The molecular weight excluding hydrogens is 719 g/mol. The first kappa shape index (κ1) is 35.3. The van der Waals surface area contributed by atoms with Gasteiger partial charge in [-0.2, -0.15) is 0 Å². The molecule has 8 aromatic carbocycles. The molecule has 0 aliphatic carbocycles. The molecule has 0 spiro atoms. The van der Waals surface area contributed by atoms with Gasteiger partial charge in [0.2, 0.25) is 0 Å².